The third kappa shape index (κ3) is 3.24. The van der Waals surface area contributed by atoms with Crippen LogP contribution in [0.5, 0.6) is 5.75 Å². The first kappa shape index (κ1) is 14.3. The van der Waals surface area contributed by atoms with Gasteiger partial charge in [-0.1, -0.05) is 12.1 Å². The lowest BCUT2D eigenvalue weighted by Gasteiger charge is -2.17. The summed E-state index contributed by atoms with van der Waals surface area (Å²) in [5.74, 6) is 0.814. The number of likely N-dealkylation sites (N-methyl/N-ethyl adjacent to an activating group) is 1. The Hall–Kier alpha value is -2.14. The molecule has 0 saturated heterocycles. The van der Waals surface area contributed by atoms with Crippen LogP contribution >= 0.6 is 0 Å². The minimum atomic E-state index is -0.0932. The lowest BCUT2D eigenvalue weighted by Crippen LogP contribution is -2.30. The van der Waals surface area contributed by atoms with Gasteiger partial charge < -0.3 is 10.1 Å². The summed E-state index contributed by atoms with van der Waals surface area (Å²) in [5, 5.41) is 7.47. The monoisotopic (exact) mass is 273 g/mol. The summed E-state index contributed by atoms with van der Waals surface area (Å²) in [4.78, 5) is 11.8. The Kier molecular flexibility index (Phi) is 4.53. The van der Waals surface area contributed by atoms with Crippen molar-refractivity contribution in [3.05, 3.63) is 58.0 Å². The number of hydrogen-bond donors (Lipinski definition) is 1. The number of aryl methyl sites for hydroxylation is 1. The zero-order valence-electron chi connectivity index (χ0n) is 12.0. The van der Waals surface area contributed by atoms with Gasteiger partial charge in [0.2, 0.25) is 0 Å². The second-order valence-electron chi connectivity index (χ2n) is 4.61. The number of methoxy groups -OCH3 is 1. The molecule has 1 atom stereocenters. The third-order valence-electron chi connectivity index (χ3n) is 3.22. The van der Waals surface area contributed by atoms with Crippen LogP contribution in [0.3, 0.4) is 0 Å². The molecule has 0 bridgehead atoms. The molecule has 1 aromatic carbocycles. The van der Waals surface area contributed by atoms with Gasteiger partial charge in [-0.2, -0.15) is 5.10 Å². The van der Waals surface area contributed by atoms with E-state index in [0.717, 1.165) is 17.0 Å². The van der Waals surface area contributed by atoms with Crippen LogP contribution in [0.25, 0.3) is 0 Å². The quantitative estimate of drug-likeness (QED) is 0.897. The fourth-order valence-corrected chi connectivity index (χ4v) is 2.05. The van der Waals surface area contributed by atoms with Crippen LogP contribution < -0.4 is 15.6 Å². The Labute approximate surface area is 118 Å². The van der Waals surface area contributed by atoms with Gasteiger partial charge >= 0.3 is 0 Å². The maximum atomic E-state index is 11.8. The molecule has 1 aromatic heterocycles. The minimum absolute atomic E-state index is 0.0212. The predicted molar refractivity (Wildman–Crippen MR) is 78.0 cm³/mol. The first-order valence-electron chi connectivity index (χ1n) is 6.50. The Bertz CT molecular complexity index is 620. The highest BCUT2D eigenvalue weighted by molar-refractivity contribution is 5.29. The second-order valence-corrected chi connectivity index (χ2v) is 4.61. The Balaban J connectivity index is 2.23. The Morgan fingerprint density at radius 3 is 2.55 bits per heavy atom. The van der Waals surface area contributed by atoms with Crippen molar-refractivity contribution >= 4 is 0 Å². The summed E-state index contributed by atoms with van der Waals surface area (Å²) in [5.41, 5.74) is 1.82. The fourth-order valence-electron chi connectivity index (χ4n) is 2.05. The molecular weight excluding hydrogens is 254 g/mol. The maximum Gasteiger partial charge on any atom is 0.266 e. The molecule has 1 unspecified atom stereocenters. The molecule has 0 aliphatic carbocycles. The largest absolute Gasteiger partial charge is 0.497 e. The zero-order valence-corrected chi connectivity index (χ0v) is 12.0. The first-order valence-corrected chi connectivity index (χ1v) is 6.50. The van der Waals surface area contributed by atoms with Crippen molar-refractivity contribution in [1.82, 2.24) is 15.1 Å². The van der Waals surface area contributed by atoms with E-state index in [1.807, 2.05) is 38.2 Å². The molecule has 1 heterocycles. The summed E-state index contributed by atoms with van der Waals surface area (Å²) in [6.07, 6.45) is 0. The van der Waals surface area contributed by atoms with Crippen LogP contribution in [-0.2, 0) is 6.54 Å². The lowest BCUT2D eigenvalue weighted by atomic mass is 10.1. The molecule has 0 aliphatic heterocycles. The summed E-state index contributed by atoms with van der Waals surface area (Å²) < 4.78 is 6.63. The molecule has 1 N–H and O–H groups in total. The molecule has 0 spiro atoms. The molecule has 0 amide bonds. The molecule has 2 rings (SSSR count). The van der Waals surface area contributed by atoms with Gasteiger partial charge in [0, 0.05) is 6.07 Å². The summed E-state index contributed by atoms with van der Waals surface area (Å²) in [6, 6.07) is 11.1. The third-order valence-corrected chi connectivity index (χ3v) is 3.22. The van der Waals surface area contributed by atoms with Gasteiger partial charge in [-0.25, -0.2) is 4.68 Å². The van der Waals surface area contributed by atoms with Crippen molar-refractivity contribution in [2.24, 2.45) is 0 Å². The molecular formula is C15H19N3O2. The molecule has 20 heavy (non-hydrogen) atoms. The van der Waals surface area contributed by atoms with Crippen LogP contribution in [0.1, 0.15) is 17.3 Å². The first-order chi connectivity index (χ1) is 9.63. The van der Waals surface area contributed by atoms with E-state index in [1.54, 1.807) is 19.2 Å². The van der Waals surface area contributed by atoms with E-state index in [0.29, 0.717) is 6.54 Å². The van der Waals surface area contributed by atoms with Gasteiger partial charge in [-0.3, -0.25) is 4.79 Å². The maximum absolute atomic E-state index is 11.8. The minimum Gasteiger partial charge on any atom is -0.497 e. The van der Waals surface area contributed by atoms with E-state index < -0.39 is 0 Å². The summed E-state index contributed by atoms with van der Waals surface area (Å²) >= 11 is 0. The fraction of sp³-hybridized carbons (Fsp3) is 0.333. The number of hydrogen-bond acceptors (Lipinski definition) is 4. The highest BCUT2D eigenvalue weighted by Crippen LogP contribution is 2.18. The number of ether oxygens (including phenoxy) is 1. The van der Waals surface area contributed by atoms with E-state index in [-0.39, 0.29) is 11.6 Å². The molecule has 2 aromatic rings. The van der Waals surface area contributed by atoms with Crippen LogP contribution in [0.4, 0.5) is 0 Å². The van der Waals surface area contributed by atoms with E-state index in [2.05, 4.69) is 10.4 Å². The van der Waals surface area contributed by atoms with Gasteiger partial charge in [-0.15, -0.1) is 0 Å². The van der Waals surface area contributed by atoms with Crippen molar-refractivity contribution in [1.29, 1.82) is 0 Å². The highest BCUT2D eigenvalue weighted by atomic mass is 16.5. The van der Waals surface area contributed by atoms with E-state index in [1.165, 1.54) is 4.68 Å². The predicted octanol–water partition coefficient (Wildman–Crippen LogP) is 1.52. The Morgan fingerprint density at radius 1 is 1.25 bits per heavy atom. The zero-order chi connectivity index (χ0) is 14.5. The number of nitrogens with one attached hydrogen (secondary N) is 1. The number of benzene rings is 1. The lowest BCUT2D eigenvalue weighted by molar-refractivity contribution is 0.413. The van der Waals surface area contributed by atoms with Crippen LogP contribution in [0.2, 0.25) is 0 Å². The van der Waals surface area contributed by atoms with Crippen molar-refractivity contribution in [2.75, 3.05) is 14.2 Å². The van der Waals surface area contributed by atoms with Gasteiger partial charge in [0.25, 0.3) is 5.56 Å². The molecule has 106 valence electrons. The molecule has 5 nitrogen and oxygen atoms in total. The van der Waals surface area contributed by atoms with E-state index in [4.69, 9.17) is 4.74 Å². The molecule has 5 heteroatoms. The Morgan fingerprint density at radius 2 is 1.95 bits per heavy atom. The molecule has 0 aliphatic rings. The normalized spacial score (nSPS) is 12.2. The summed E-state index contributed by atoms with van der Waals surface area (Å²) in [6.45, 7) is 2.36. The van der Waals surface area contributed by atoms with Crippen molar-refractivity contribution in [2.45, 2.75) is 19.5 Å². The molecule has 0 fully saturated rings. The number of aromatic nitrogens is 2. The van der Waals surface area contributed by atoms with Gasteiger partial charge in [0.1, 0.15) is 5.75 Å². The second kappa shape index (κ2) is 6.34. The van der Waals surface area contributed by atoms with Crippen molar-refractivity contribution in [3.8, 4) is 5.75 Å². The average Bonchev–Trinajstić information content (AvgIpc) is 2.48. The van der Waals surface area contributed by atoms with E-state index in [9.17, 15) is 4.79 Å². The molecule has 0 radical (unpaired) electrons. The van der Waals surface area contributed by atoms with Crippen molar-refractivity contribution < 1.29 is 4.74 Å². The van der Waals surface area contributed by atoms with Crippen LogP contribution in [0.15, 0.2) is 41.2 Å². The van der Waals surface area contributed by atoms with Crippen molar-refractivity contribution in [3.63, 3.8) is 0 Å². The van der Waals surface area contributed by atoms with E-state index >= 15 is 0 Å². The smallest absolute Gasteiger partial charge is 0.266 e. The SMILES string of the molecule is CNC(Cn1nc(C)ccc1=O)c1ccc(OC)cc1. The number of nitrogens with zero attached hydrogens (tertiary/aromatic N) is 2. The van der Waals surface area contributed by atoms with Crippen LogP contribution in [0, 0.1) is 6.92 Å². The van der Waals surface area contributed by atoms with Gasteiger partial charge in [-0.05, 0) is 37.7 Å². The topological polar surface area (TPSA) is 56.2 Å². The number of rotatable bonds is 5. The van der Waals surface area contributed by atoms with Crippen LogP contribution in [-0.4, -0.2) is 23.9 Å². The standard InChI is InChI=1S/C15H19N3O2/c1-11-4-9-15(19)18(17-11)10-14(16-2)12-5-7-13(20-3)8-6-12/h4-9,14,16H,10H2,1-3H3. The average molecular weight is 273 g/mol. The molecule has 0 saturated carbocycles. The van der Waals surface area contributed by atoms with Gasteiger partial charge in [0.05, 0.1) is 25.4 Å². The summed E-state index contributed by atoms with van der Waals surface area (Å²) in [7, 11) is 3.51. The highest BCUT2D eigenvalue weighted by Gasteiger charge is 2.11. The van der Waals surface area contributed by atoms with Gasteiger partial charge in [0.15, 0.2) is 0 Å².